The quantitative estimate of drug-likeness (QED) is 0.837. The van der Waals surface area contributed by atoms with Crippen molar-refractivity contribution in [2.45, 2.75) is 13.1 Å². The first-order valence-electron chi connectivity index (χ1n) is 5.97. The number of rotatable bonds is 2. The molecule has 8 heteroatoms. The lowest BCUT2D eigenvalue weighted by Crippen LogP contribution is -2.15. The number of carbonyl (C=O) groups is 1. The van der Waals surface area contributed by atoms with Crippen molar-refractivity contribution in [3.63, 3.8) is 0 Å². The molecule has 3 N–H and O–H groups in total. The van der Waals surface area contributed by atoms with Crippen LogP contribution in [0.25, 0.3) is 0 Å². The van der Waals surface area contributed by atoms with Crippen LogP contribution < -0.4 is 11.1 Å². The van der Waals surface area contributed by atoms with Crippen LogP contribution in [-0.4, -0.2) is 15.7 Å². The Morgan fingerprint density at radius 1 is 1.38 bits per heavy atom. The van der Waals surface area contributed by atoms with E-state index in [4.69, 9.17) is 5.73 Å². The van der Waals surface area contributed by atoms with Gasteiger partial charge < -0.3 is 11.1 Å². The molecule has 0 saturated heterocycles. The van der Waals surface area contributed by atoms with Crippen molar-refractivity contribution in [2.24, 2.45) is 7.05 Å². The highest BCUT2D eigenvalue weighted by Gasteiger charge is 2.31. The Morgan fingerprint density at radius 3 is 2.52 bits per heavy atom. The van der Waals surface area contributed by atoms with Gasteiger partial charge in [-0.15, -0.1) is 0 Å². The fourth-order valence-electron chi connectivity index (χ4n) is 1.76. The van der Waals surface area contributed by atoms with Gasteiger partial charge in [0, 0.05) is 12.7 Å². The molecule has 0 aliphatic rings. The molecule has 0 atom stereocenters. The Hall–Kier alpha value is -2.51. The summed E-state index contributed by atoms with van der Waals surface area (Å²) < 4.78 is 39.1. The number of nitrogens with zero attached hydrogens (tertiary/aromatic N) is 2. The minimum Gasteiger partial charge on any atom is -0.397 e. The van der Waals surface area contributed by atoms with E-state index >= 15 is 0 Å². The van der Waals surface area contributed by atoms with Gasteiger partial charge in [0.2, 0.25) is 0 Å². The highest BCUT2D eigenvalue weighted by Crippen LogP contribution is 2.32. The van der Waals surface area contributed by atoms with E-state index in [1.807, 2.05) is 0 Å². The molecule has 1 aromatic carbocycles. The van der Waals surface area contributed by atoms with Crippen LogP contribution in [0.2, 0.25) is 0 Å². The van der Waals surface area contributed by atoms with Gasteiger partial charge in [0.05, 0.1) is 28.7 Å². The minimum atomic E-state index is -4.48. The molecule has 21 heavy (non-hydrogen) atoms. The first-order chi connectivity index (χ1) is 9.70. The first-order valence-corrected chi connectivity index (χ1v) is 5.97. The van der Waals surface area contributed by atoms with E-state index in [0.717, 1.165) is 18.2 Å². The van der Waals surface area contributed by atoms with Crippen molar-refractivity contribution in [2.75, 3.05) is 11.1 Å². The number of aromatic nitrogens is 2. The molecule has 0 aliphatic heterocycles. The predicted molar refractivity (Wildman–Crippen MR) is 71.8 cm³/mol. The van der Waals surface area contributed by atoms with Crippen LogP contribution in [0.5, 0.6) is 0 Å². The summed E-state index contributed by atoms with van der Waals surface area (Å²) in [6.45, 7) is 1.71. The van der Waals surface area contributed by atoms with Gasteiger partial charge in [-0.1, -0.05) is 0 Å². The third-order valence-electron chi connectivity index (χ3n) is 3.11. The number of nitrogen functional groups attached to an aromatic ring is 1. The molecule has 0 radical (unpaired) electrons. The second-order valence-electron chi connectivity index (χ2n) is 4.52. The Kier molecular flexibility index (Phi) is 3.63. The van der Waals surface area contributed by atoms with Gasteiger partial charge in [-0.3, -0.25) is 9.48 Å². The van der Waals surface area contributed by atoms with Crippen molar-refractivity contribution in [1.29, 1.82) is 0 Å². The van der Waals surface area contributed by atoms with Crippen molar-refractivity contribution in [3.8, 4) is 0 Å². The molecule has 0 spiro atoms. The first kappa shape index (κ1) is 14.9. The Bertz CT molecular complexity index is 691. The van der Waals surface area contributed by atoms with Crippen LogP contribution in [0.15, 0.2) is 24.4 Å². The van der Waals surface area contributed by atoms with E-state index in [1.54, 1.807) is 14.0 Å². The monoisotopic (exact) mass is 298 g/mol. The average molecular weight is 298 g/mol. The lowest BCUT2D eigenvalue weighted by molar-refractivity contribution is -0.137. The van der Waals surface area contributed by atoms with Gasteiger partial charge in [-0.05, 0) is 25.1 Å². The summed E-state index contributed by atoms with van der Waals surface area (Å²) >= 11 is 0. The Balaban J connectivity index is 2.24. The smallest absolute Gasteiger partial charge is 0.397 e. The number of amides is 1. The zero-order valence-corrected chi connectivity index (χ0v) is 11.3. The summed E-state index contributed by atoms with van der Waals surface area (Å²) in [5.41, 5.74) is 5.62. The second-order valence-corrected chi connectivity index (χ2v) is 4.52. The maximum Gasteiger partial charge on any atom is 0.416 e. The van der Waals surface area contributed by atoms with Crippen LogP contribution in [0, 0.1) is 6.92 Å². The van der Waals surface area contributed by atoms with Gasteiger partial charge in [0.15, 0.2) is 0 Å². The molecule has 1 amide bonds. The molecule has 1 aromatic heterocycles. The van der Waals surface area contributed by atoms with Crippen LogP contribution in [0.1, 0.15) is 21.6 Å². The van der Waals surface area contributed by atoms with Crippen molar-refractivity contribution in [1.82, 2.24) is 9.78 Å². The topological polar surface area (TPSA) is 72.9 Å². The van der Waals surface area contributed by atoms with Gasteiger partial charge in [0.1, 0.15) is 0 Å². The predicted octanol–water partition coefficient (Wildman–Crippen LogP) is 2.58. The number of carbonyl (C=O) groups excluding carboxylic acids is 1. The van der Waals surface area contributed by atoms with Gasteiger partial charge >= 0.3 is 6.18 Å². The number of hydrogen-bond donors (Lipinski definition) is 2. The molecule has 0 bridgehead atoms. The van der Waals surface area contributed by atoms with E-state index in [0.29, 0.717) is 11.3 Å². The van der Waals surface area contributed by atoms with Crippen LogP contribution >= 0.6 is 0 Å². The molecular formula is C13H13F3N4O. The number of alkyl halides is 3. The van der Waals surface area contributed by atoms with Crippen LogP contribution in [-0.2, 0) is 13.2 Å². The molecule has 0 fully saturated rings. The minimum absolute atomic E-state index is 0.122. The SMILES string of the molecule is Cc1c(C(=O)Nc2ccc(C(F)(F)F)cc2N)cnn1C. The van der Waals surface area contributed by atoms with Crippen LogP contribution in [0.3, 0.4) is 0 Å². The summed E-state index contributed by atoms with van der Waals surface area (Å²) in [6, 6.07) is 2.77. The summed E-state index contributed by atoms with van der Waals surface area (Å²) in [6.07, 6.45) is -3.10. The number of aryl methyl sites for hydroxylation is 1. The normalized spacial score (nSPS) is 11.5. The maximum absolute atomic E-state index is 12.5. The molecule has 1 heterocycles. The standard InChI is InChI=1S/C13H13F3N4O/c1-7-9(6-18-20(7)2)12(21)19-11-4-3-8(5-10(11)17)13(14,15)16/h3-6H,17H2,1-2H3,(H,19,21). The number of nitrogens with two attached hydrogens (primary N) is 1. The maximum atomic E-state index is 12.5. The second kappa shape index (κ2) is 5.12. The number of anilines is 2. The van der Waals surface area contributed by atoms with E-state index < -0.39 is 17.6 Å². The summed E-state index contributed by atoms with van der Waals surface area (Å²) in [4.78, 5) is 12.0. The van der Waals surface area contributed by atoms with E-state index in [1.165, 1.54) is 10.9 Å². The third-order valence-corrected chi connectivity index (χ3v) is 3.11. The van der Waals surface area contributed by atoms with Gasteiger partial charge in [-0.2, -0.15) is 18.3 Å². The number of nitrogens with one attached hydrogen (secondary N) is 1. The fraction of sp³-hybridized carbons (Fsp3) is 0.231. The Labute approximate surface area is 118 Å². The molecule has 0 saturated carbocycles. The average Bonchev–Trinajstić information content (AvgIpc) is 2.71. The Morgan fingerprint density at radius 2 is 2.05 bits per heavy atom. The zero-order valence-electron chi connectivity index (χ0n) is 11.3. The molecule has 2 aromatic rings. The van der Waals surface area contributed by atoms with Crippen molar-refractivity contribution in [3.05, 3.63) is 41.2 Å². The highest BCUT2D eigenvalue weighted by molar-refractivity contribution is 6.06. The molecule has 5 nitrogen and oxygen atoms in total. The van der Waals surface area contributed by atoms with E-state index in [9.17, 15) is 18.0 Å². The lowest BCUT2D eigenvalue weighted by atomic mass is 10.1. The van der Waals surface area contributed by atoms with Gasteiger partial charge in [-0.25, -0.2) is 0 Å². The molecule has 2 rings (SSSR count). The largest absolute Gasteiger partial charge is 0.416 e. The number of hydrogen-bond acceptors (Lipinski definition) is 3. The summed E-state index contributed by atoms with van der Waals surface area (Å²) in [5, 5.41) is 6.40. The zero-order chi connectivity index (χ0) is 15.8. The third kappa shape index (κ3) is 2.99. The molecule has 0 aliphatic carbocycles. The van der Waals surface area contributed by atoms with Crippen molar-refractivity contribution >= 4 is 17.3 Å². The number of benzene rings is 1. The van der Waals surface area contributed by atoms with Crippen LogP contribution in [0.4, 0.5) is 24.5 Å². The van der Waals surface area contributed by atoms with Gasteiger partial charge in [0.25, 0.3) is 5.91 Å². The highest BCUT2D eigenvalue weighted by atomic mass is 19.4. The molecular weight excluding hydrogens is 285 g/mol. The summed E-state index contributed by atoms with van der Waals surface area (Å²) in [7, 11) is 1.68. The van der Waals surface area contributed by atoms with E-state index in [2.05, 4.69) is 10.4 Å². The summed E-state index contributed by atoms with van der Waals surface area (Å²) in [5.74, 6) is -0.480. The fourth-order valence-corrected chi connectivity index (χ4v) is 1.76. The van der Waals surface area contributed by atoms with Crippen molar-refractivity contribution < 1.29 is 18.0 Å². The van der Waals surface area contributed by atoms with E-state index in [-0.39, 0.29) is 11.4 Å². The lowest BCUT2D eigenvalue weighted by Gasteiger charge is -2.11. The molecule has 112 valence electrons. The number of halogens is 3. The molecule has 0 unspecified atom stereocenters.